The highest BCUT2D eigenvalue weighted by Gasteiger charge is 2.18. The van der Waals surface area contributed by atoms with Gasteiger partial charge < -0.3 is 9.73 Å². The van der Waals surface area contributed by atoms with E-state index in [4.69, 9.17) is 16.0 Å². The first kappa shape index (κ1) is 14.2. The van der Waals surface area contributed by atoms with E-state index in [9.17, 15) is 0 Å². The molecule has 1 aromatic carbocycles. The second-order valence-corrected chi connectivity index (χ2v) is 5.77. The Bertz CT molecular complexity index is 716. The lowest BCUT2D eigenvalue weighted by Gasteiger charge is -2.19. The van der Waals surface area contributed by atoms with Crippen LogP contribution in [0.2, 0.25) is 5.15 Å². The molecular weight excluding hydrogens is 352 g/mol. The summed E-state index contributed by atoms with van der Waals surface area (Å²) in [5, 5.41) is 3.81. The maximum absolute atomic E-state index is 6.16. The highest BCUT2D eigenvalue weighted by Crippen LogP contribution is 2.31. The van der Waals surface area contributed by atoms with Crippen molar-refractivity contribution in [2.24, 2.45) is 0 Å². The topological polar surface area (TPSA) is 38.1 Å². The SMILES string of the molecule is Clc1ncc(Br)cc1NC(c1ccccc1)c1ccco1. The molecular formula is C16H12BrClN2O. The Morgan fingerprint density at radius 2 is 1.95 bits per heavy atom. The molecule has 3 aromatic rings. The summed E-state index contributed by atoms with van der Waals surface area (Å²) in [6.45, 7) is 0. The van der Waals surface area contributed by atoms with Crippen LogP contribution in [0.1, 0.15) is 17.4 Å². The van der Waals surface area contributed by atoms with Crippen molar-refractivity contribution in [3.63, 3.8) is 0 Å². The molecule has 2 aromatic heterocycles. The third-order valence-corrected chi connectivity index (χ3v) is 3.80. The fourth-order valence-electron chi connectivity index (χ4n) is 2.10. The Labute approximate surface area is 136 Å². The summed E-state index contributed by atoms with van der Waals surface area (Å²) in [5.41, 5.74) is 1.83. The van der Waals surface area contributed by atoms with E-state index in [-0.39, 0.29) is 6.04 Å². The second-order valence-electron chi connectivity index (χ2n) is 4.50. The lowest BCUT2D eigenvalue weighted by molar-refractivity contribution is 0.499. The Morgan fingerprint density at radius 1 is 1.14 bits per heavy atom. The molecule has 0 saturated heterocycles. The Morgan fingerprint density at radius 3 is 2.67 bits per heavy atom. The normalized spacial score (nSPS) is 12.1. The van der Waals surface area contributed by atoms with E-state index in [1.165, 1.54) is 0 Å². The van der Waals surface area contributed by atoms with Gasteiger partial charge in [-0.3, -0.25) is 0 Å². The summed E-state index contributed by atoms with van der Waals surface area (Å²) in [6, 6.07) is 15.6. The van der Waals surface area contributed by atoms with Crippen LogP contribution in [-0.4, -0.2) is 4.98 Å². The number of halogens is 2. The van der Waals surface area contributed by atoms with Gasteiger partial charge in [-0.2, -0.15) is 0 Å². The van der Waals surface area contributed by atoms with E-state index in [1.54, 1.807) is 12.5 Å². The Hall–Kier alpha value is -1.78. The largest absolute Gasteiger partial charge is 0.467 e. The number of nitrogens with zero attached hydrogens (tertiary/aromatic N) is 1. The zero-order valence-electron chi connectivity index (χ0n) is 11.0. The molecule has 0 fully saturated rings. The van der Waals surface area contributed by atoms with Crippen LogP contribution in [0.25, 0.3) is 0 Å². The van der Waals surface area contributed by atoms with Gasteiger partial charge in [-0.05, 0) is 39.7 Å². The number of hydrogen-bond acceptors (Lipinski definition) is 3. The van der Waals surface area contributed by atoms with Crippen LogP contribution in [0.5, 0.6) is 0 Å². The first-order chi connectivity index (χ1) is 10.2. The predicted octanol–water partition coefficient (Wildman–Crippen LogP) is 5.29. The maximum atomic E-state index is 6.16. The van der Waals surface area contributed by atoms with Crippen LogP contribution in [0.3, 0.4) is 0 Å². The molecule has 0 bridgehead atoms. The lowest BCUT2D eigenvalue weighted by Crippen LogP contribution is -2.12. The van der Waals surface area contributed by atoms with Crippen molar-refractivity contribution < 1.29 is 4.42 Å². The number of furan rings is 1. The molecule has 0 aliphatic rings. The van der Waals surface area contributed by atoms with Gasteiger partial charge in [0.15, 0.2) is 5.15 Å². The summed E-state index contributed by atoms with van der Waals surface area (Å²) in [6.07, 6.45) is 3.33. The van der Waals surface area contributed by atoms with Crippen LogP contribution in [-0.2, 0) is 0 Å². The molecule has 21 heavy (non-hydrogen) atoms. The molecule has 106 valence electrons. The lowest BCUT2D eigenvalue weighted by atomic mass is 10.0. The zero-order chi connectivity index (χ0) is 14.7. The molecule has 0 amide bonds. The van der Waals surface area contributed by atoms with Crippen LogP contribution < -0.4 is 5.32 Å². The first-order valence-electron chi connectivity index (χ1n) is 6.40. The molecule has 1 atom stereocenters. The molecule has 0 radical (unpaired) electrons. The molecule has 0 aliphatic heterocycles. The predicted molar refractivity (Wildman–Crippen MR) is 87.6 cm³/mol. The van der Waals surface area contributed by atoms with Crippen molar-refractivity contribution in [3.05, 3.63) is 81.9 Å². The fraction of sp³-hybridized carbons (Fsp3) is 0.0625. The van der Waals surface area contributed by atoms with E-state index in [0.29, 0.717) is 5.15 Å². The average molecular weight is 364 g/mol. The third kappa shape index (κ3) is 3.28. The van der Waals surface area contributed by atoms with Gasteiger partial charge in [0.05, 0.1) is 12.0 Å². The van der Waals surface area contributed by atoms with E-state index >= 15 is 0 Å². The second kappa shape index (κ2) is 6.33. The standard InChI is InChI=1S/C16H12BrClN2O/c17-12-9-13(16(18)19-10-12)20-15(14-7-4-8-21-14)11-5-2-1-3-6-11/h1-10,15,20H. The van der Waals surface area contributed by atoms with Crippen molar-refractivity contribution in [1.82, 2.24) is 4.98 Å². The molecule has 3 nitrogen and oxygen atoms in total. The molecule has 0 saturated carbocycles. The highest BCUT2D eigenvalue weighted by molar-refractivity contribution is 9.10. The van der Waals surface area contributed by atoms with Gasteiger partial charge in [-0.25, -0.2) is 4.98 Å². The van der Waals surface area contributed by atoms with Gasteiger partial charge in [-0.15, -0.1) is 0 Å². The van der Waals surface area contributed by atoms with Gasteiger partial charge in [0.1, 0.15) is 11.8 Å². The summed E-state index contributed by atoms with van der Waals surface area (Å²) in [4.78, 5) is 4.13. The summed E-state index contributed by atoms with van der Waals surface area (Å²) >= 11 is 9.57. The van der Waals surface area contributed by atoms with Crippen LogP contribution in [0.4, 0.5) is 5.69 Å². The maximum Gasteiger partial charge on any atom is 0.152 e. The van der Waals surface area contributed by atoms with Gasteiger partial charge in [0.2, 0.25) is 0 Å². The number of aromatic nitrogens is 1. The summed E-state index contributed by atoms with van der Waals surface area (Å²) in [5.74, 6) is 0.817. The van der Waals surface area contributed by atoms with Gasteiger partial charge >= 0.3 is 0 Å². The quantitative estimate of drug-likeness (QED) is 0.640. The molecule has 0 aliphatic carbocycles. The van der Waals surface area contributed by atoms with Crippen molar-refractivity contribution in [3.8, 4) is 0 Å². The average Bonchev–Trinajstić information content (AvgIpc) is 3.03. The summed E-state index contributed by atoms with van der Waals surface area (Å²) in [7, 11) is 0. The van der Waals surface area contributed by atoms with E-state index < -0.39 is 0 Å². The molecule has 2 heterocycles. The van der Waals surface area contributed by atoms with Gasteiger partial charge in [-0.1, -0.05) is 41.9 Å². The highest BCUT2D eigenvalue weighted by atomic mass is 79.9. The van der Waals surface area contributed by atoms with Gasteiger partial charge in [0.25, 0.3) is 0 Å². The van der Waals surface area contributed by atoms with E-state index in [2.05, 4.69) is 26.2 Å². The number of pyridine rings is 1. The molecule has 0 spiro atoms. The summed E-state index contributed by atoms with van der Waals surface area (Å²) < 4.78 is 6.42. The van der Waals surface area contributed by atoms with Gasteiger partial charge in [0, 0.05) is 10.7 Å². The molecule has 5 heteroatoms. The monoisotopic (exact) mass is 362 g/mol. The number of anilines is 1. The number of hydrogen-bond donors (Lipinski definition) is 1. The minimum Gasteiger partial charge on any atom is -0.467 e. The van der Waals surface area contributed by atoms with Crippen molar-refractivity contribution in [2.45, 2.75) is 6.04 Å². The van der Waals surface area contributed by atoms with E-state index in [1.807, 2.05) is 48.5 Å². The Balaban J connectivity index is 1.99. The number of rotatable bonds is 4. The molecule has 3 rings (SSSR count). The van der Waals surface area contributed by atoms with Crippen molar-refractivity contribution >= 4 is 33.2 Å². The van der Waals surface area contributed by atoms with Crippen LogP contribution in [0.15, 0.2) is 69.9 Å². The van der Waals surface area contributed by atoms with Crippen LogP contribution >= 0.6 is 27.5 Å². The smallest absolute Gasteiger partial charge is 0.152 e. The minimum atomic E-state index is -0.130. The Kier molecular flexibility index (Phi) is 4.27. The zero-order valence-corrected chi connectivity index (χ0v) is 13.3. The number of nitrogens with one attached hydrogen (secondary N) is 1. The molecule has 1 N–H and O–H groups in total. The fourth-order valence-corrected chi connectivity index (χ4v) is 2.59. The minimum absolute atomic E-state index is 0.130. The number of benzene rings is 1. The molecule has 1 unspecified atom stereocenters. The van der Waals surface area contributed by atoms with Crippen molar-refractivity contribution in [1.29, 1.82) is 0 Å². The van der Waals surface area contributed by atoms with Crippen molar-refractivity contribution in [2.75, 3.05) is 5.32 Å². The third-order valence-electron chi connectivity index (χ3n) is 3.07. The van der Waals surface area contributed by atoms with Crippen LogP contribution in [0, 0.1) is 0 Å². The first-order valence-corrected chi connectivity index (χ1v) is 7.57. The van der Waals surface area contributed by atoms with E-state index in [0.717, 1.165) is 21.5 Å².